The van der Waals surface area contributed by atoms with Crippen LogP contribution >= 0.6 is 15.9 Å². The molecule has 1 aliphatic heterocycles. The number of piperazine rings is 1. The highest BCUT2D eigenvalue weighted by molar-refractivity contribution is 9.10. The molecule has 1 fully saturated rings. The first-order valence-electron chi connectivity index (χ1n) is 7.48. The molecule has 128 valence electrons. The van der Waals surface area contributed by atoms with Crippen LogP contribution in [0.4, 0.5) is 17.2 Å². The number of pyridine rings is 1. The maximum atomic E-state index is 11.4. The molecule has 0 aliphatic carbocycles. The molecule has 2 aromatic heterocycles. The second-order valence-electron chi connectivity index (χ2n) is 5.70. The van der Waals surface area contributed by atoms with Crippen LogP contribution in [0.1, 0.15) is 5.69 Å². The molecule has 10 heteroatoms. The third-order valence-corrected chi connectivity index (χ3v) is 4.76. The molecule has 3 heterocycles. The average Bonchev–Trinajstić information content (AvgIpc) is 2.95. The Morgan fingerprint density at radius 1 is 1.33 bits per heavy atom. The number of rotatable bonds is 4. The maximum absolute atomic E-state index is 11.4. The second kappa shape index (κ2) is 6.73. The van der Waals surface area contributed by atoms with Gasteiger partial charge in [-0.3, -0.25) is 15.0 Å². The van der Waals surface area contributed by atoms with Crippen LogP contribution in [0.3, 0.4) is 0 Å². The normalized spacial score (nSPS) is 15.7. The lowest BCUT2D eigenvalue weighted by atomic mass is 10.2. The summed E-state index contributed by atoms with van der Waals surface area (Å²) >= 11 is 3.37. The molecule has 2 aromatic rings. The van der Waals surface area contributed by atoms with Gasteiger partial charge >= 0.3 is 5.69 Å². The summed E-state index contributed by atoms with van der Waals surface area (Å²) < 4.78 is 2.58. The van der Waals surface area contributed by atoms with Crippen molar-refractivity contribution in [2.75, 3.05) is 36.8 Å². The Labute approximate surface area is 147 Å². The highest BCUT2D eigenvalue weighted by atomic mass is 79.9. The smallest absolute Gasteiger partial charge is 0.335 e. The lowest BCUT2D eigenvalue weighted by Gasteiger charge is -2.36. The standard InChI is InChI=1S/C14H18BrN7O2/c1-19-9-17-6-10(19)8-20-2-4-21(5-3-20)12-11(15)7-18-14(16)13(12)22(23)24/h6-7,9H,2-5,8H2,1H3,(H2,16,18). The van der Waals surface area contributed by atoms with Crippen molar-refractivity contribution in [3.63, 3.8) is 0 Å². The zero-order chi connectivity index (χ0) is 17.3. The van der Waals surface area contributed by atoms with Crippen LogP contribution in [0.15, 0.2) is 23.2 Å². The molecule has 0 atom stereocenters. The van der Waals surface area contributed by atoms with Gasteiger partial charge in [-0.15, -0.1) is 0 Å². The molecular formula is C14H18BrN7O2. The lowest BCUT2D eigenvalue weighted by molar-refractivity contribution is -0.383. The second-order valence-corrected chi connectivity index (χ2v) is 6.56. The van der Waals surface area contributed by atoms with Gasteiger partial charge in [-0.05, 0) is 15.9 Å². The molecule has 9 nitrogen and oxygen atoms in total. The maximum Gasteiger partial charge on any atom is 0.335 e. The molecule has 0 bridgehead atoms. The molecule has 0 amide bonds. The van der Waals surface area contributed by atoms with Gasteiger partial charge in [0, 0.05) is 52.2 Å². The Hall–Kier alpha value is -2.20. The molecule has 24 heavy (non-hydrogen) atoms. The SMILES string of the molecule is Cn1cncc1CN1CCN(c2c(Br)cnc(N)c2[N+](=O)[O-])CC1. The molecule has 1 saturated heterocycles. The zero-order valence-corrected chi connectivity index (χ0v) is 14.8. The molecule has 0 aromatic carbocycles. The molecule has 0 spiro atoms. The van der Waals surface area contributed by atoms with Crippen molar-refractivity contribution in [3.05, 3.63) is 39.0 Å². The summed E-state index contributed by atoms with van der Waals surface area (Å²) in [6.45, 7) is 3.78. The summed E-state index contributed by atoms with van der Waals surface area (Å²) in [4.78, 5) is 23.2. The molecule has 0 saturated carbocycles. The number of halogens is 1. The minimum Gasteiger partial charge on any atom is -0.378 e. The van der Waals surface area contributed by atoms with E-state index in [-0.39, 0.29) is 11.5 Å². The summed E-state index contributed by atoms with van der Waals surface area (Å²) in [5.41, 5.74) is 7.23. The van der Waals surface area contributed by atoms with E-state index in [1.165, 1.54) is 6.20 Å². The van der Waals surface area contributed by atoms with Crippen LogP contribution in [-0.2, 0) is 13.6 Å². The van der Waals surface area contributed by atoms with E-state index in [2.05, 4.69) is 30.8 Å². The minimum absolute atomic E-state index is 0.0597. The number of hydrogen-bond acceptors (Lipinski definition) is 7. The fraction of sp³-hybridized carbons (Fsp3) is 0.429. The van der Waals surface area contributed by atoms with E-state index in [4.69, 9.17) is 5.73 Å². The number of nitrogens with two attached hydrogens (primary N) is 1. The van der Waals surface area contributed by atoms with Gasteiger partial charge in [-0.1, -0.05) is 0 Å². The fourth-order valence-corrected chi connectivity index (χ4v) is 3.40. The van der Waals surface area contributed by atoms with Crippen molar-refractivity contribution < 1.29 is 4.92 Å². The molecule has 2 N–H and O–H groups in total. The van der Waals surface area contributed by atoms with E-state index in [9.17, 15) is 10.1 Å². The number of imidazole rings is 1. The van der Waals surface area contributed by atoms with Crippen LogP contribution in [0.5, 0.6) is 0 Å². The zero-order valence-electron chi connectivity index (χ0n) is 13.2. The monoisotopic (exact) mass is 395 g/mol. The third-order valence-electron chi connectivity index (χ3n) is 4.18. The van der Waals surface area contributed by atoms with Gasteiger partial charge in [0.05, 0.1) is 21.4 Å². The van der Waals surface area contributed by atoms with E-state index in [0.29, 0.717) is 23.2 Å². The molecule has 1 aliphatic rings. The van der Waals surface area contributed by atoms with Crippen molar-refractivity contribution >= 4 is 33.1 Å². The van der Waals surface area contributed by atoms with E-state index in [1.54, 1.807) is 6.33 Å². The topological polar surface area (TPSA) is 106 Å². The van der Waals surface area contributed by atoms with Crippen LogP contribution in [0.2, 0.25) is 0 Å². The van der Waals surface area contributed by atoms with Crippen molar-refractivity contribution in [2.45, 2.75) is 6.54 Å². The van der Waals surface area contributed by atoms with E-state index in [1.807, 2.05) is 22.7 Å². The predicted molar refractivity (Wildman–Crippen MR) is 93.7 cm³/mol. The van der Waals surface area contributed by atoms with Gasteiger partial charge in [0.25, 0.3) is 0 Å². The van der Waals surface area contributed by atoms with E-state index in [0.717, 1.165) is 25.3 Å². The highest BCUT2D eigenvalue weighted by Gasteiger charge is 2.29. The first kappa shape index (κ1) is 16.7. The largest absolute Gasteiger partial charge is 0.378 e. The van der Waals surface area contributed by atoms with Crippen molar-refractivity contribution in [1.82, 2.24) is 19.4 Å². The Morgan fingerprint density at radius 3 is 2.62 bits per heavy atom. The summed E-state index contributed by atoms with van der Waals surface area (Å²) in [5.74, 6) is -0.0597. The summed E-state index contributed by atoms with van der Waals surface area (Å²) in [6.07, 6.45) is 5.16. The Balaban J connectivity index is 1.74. The number of nitrogens with zero attached hydrogens (tertiary/aromatic N) is 6. The third kappa shape index (κ3) is 3.20. The summed E-state index contributed by atoms with van der Waals surface area (Å²) in [7, 11) is 1.97. The molecular weight excluding hydrogens is 378 g/mol. The quantitative estimate of drug-likeness (QED) is 0.615. The van der Waals surface area contributed by atoms with E-state index < -0.39 is 4.92 Å². The number of aryl methyl sites for hydroxylation is 1. The Bertz CT molecular complexity index is 756. The predicted octanol–water partition coefficient (Wildman–Crippen LogP) is 1.39. The van der Waals surface area contributed by atoms with Crippen LogP contribution in [0.25, 0.3) is 0 Å². The number of anilines is 2. The van der Waals surface area contributed by atoms with Crippen LogP contribution < -0.4 is 10.6 Å². The van der Waals surface area contributed by atoms with Gasteiger partial charge < -0.3 is 15.2 Å². The molecule has 3 rings (SSSR count). The van der Waals surface area contributed by atoms with Gasteiger partial charge in [0.1, 0.15) is 5.69 Å². The number of aromatic nitrogens is 3. The average molecular weight is 396 g/mol. The van der Waals surface area contributed by atoms with Gasteiger partial charge in [-0.25, -0.2) is 9.97 Å². The fourth-order valence-electron chi connectivity index (χ4n) is 2.86. The molecule has 0 unspecified atom stereocenters. The number of hydrogen-bond donors (Lipinski definition) is 1. The van der Waals surface area contributed by atoms with Crippen molar-refractivity contribution in [1.29, 1.82) is 0 Å². The Kier molecular flexibility index (Phi) is 4.67. The first-order valence-corrected chi connectivity index (χ1v) is 8.27. The molecule has 0 radical (unpaired) electrons. The number of nitro groups is 1. The van der Waals surface area contributed by atoms with Crippen molar-refractivity contribution in [2.24, 2.45) is 7.05 Å². The minimum atomic E-state index is -0.468. The summed E-state index contributed by atoms with van der Waals surface area (Å²) in [5, 5.41) is 11.4. The van der Waals surface area contributed by atoms with Gasteiger partial charge in [0.2, 0.25) is 5.82 Å². The highest BCUT2D eigenvalue weighted by Crippen LogP contribution is 2.39. The summed E-state index contributed by atoms with van der Waals surface area (Å²) in [6, 6.07) is 0. The van der Waals surface area contributed by atoms with Crippen LogP contribution in [0, 0.1) is 10.1 Å². The van der Waals surface area contributed by atoms with E-state index >= 15 is 0 Å². The number of nitrogen functional groups attached to an aromatic ring is 1. The Morgan fingerprint density at radius 2 is 2.04 bits per heavy atom. The lowest BCUT2D eigenvalue weighted by Crippen LogP contribution is -2.46. The van der Waals surface area contributed by atoms with Crippen LogP contribution in [-0.4, -0.2) is 50.5 Å². The van der Waals surface area contributed by atoms with Gasteiger partial charge in [0.15, 0.2) is 0 Å². The van der Waals surface area contributed by atoms with Gasteiger partial charge in [-0.2, -0.15) is 0 Å². The first-order chi connectivity index (χ1) is 11.5. The van der Waals surface area contributed by atoms with Crippen molar-refractivity contribution in [3.8, 4) is 0 Å².